The fraction of sp³-hybridized carbons (Fsp3) is 0.500. The van der Waals surface area contributed by atoms with Crippen molar-refractivity contribution >= 4 is 17.1 Å². The molecule has 1 saturated carbocycles. The number of fused-ring (bicyclic) bond motifs is 1. The van der Waals surface area contributed by atoms with Gasteiger partial charge in [0.05, 0.1) is 36.7 Å². The largest absolute Gasteiger partial charge is 0.378 e. The van der Waals surface area contributed by atoms with Crippen LogP contribution in [0.4, 0.5) is 13.6 Å². The smallest absolute Gasteiger partial charge is 0.317 e. The second-order valence-electron chi connectivity index (χ2n) is 8.59. The topological polar surface area (TPSA) is 109 Å². The van der Waals surface area contributed by atoms with Crippen LogP contribution in [-0.2, 0) is 11.2 Å². The summed E-state index contributed by atoms with van der Waals surface area (Å²) in [7, 11) is 0. The van der Waals surface area contributed by atoms with Crippen LogP contribution in [0, 0.1) is 17.6 Å². The van der Waals surface area contributed by atoms with Crippen LogP contribution < -0.4 is 5.32 Å². The Kier molecular flexibility index (Phi) is 6.12. The third-order valence-corrected chi connectivity index (χ3v) is 6.31. The van der Waals surface area contributed by atoms with Gasteiger partial charge in [-0.05, 0) is 37.7 Å². The summed E-state index contributed by atoms with van der Waals surface area (Å²) in [6, 6.07) is 1.29. The molecule has 2 atom stereocenters. The highest BCUT2D eigenvalue weighted by Gasteiger charge is 2.27. The van der Waals surface area contributed by atoms with Crippen molar-refractivity contribution in [3.05, 3.63) is 35.8 Å². The summed E-state index contributed by atoms with van der Waals surface area (Å²) < 4.78 is 33.6. The van der Waals surface area contributed by atoms with Crippen LogP contribution >= 0.6 is 0 Å². The van der Waals surface area contributed by atoms with Gasteiger partial charge < -0.3 is 15.0 Å². The molecule has 1 aliphatic heterocycles. The third kappa shape index (κ3) is 4.77. The molecule has 3 aromatic rings. The van der Waals surface area contributed by atoms with E-state index in [1.165, 1.54) is 6.07 Å². The molecule has 11 heteroatoms. The number of ether oxygens (including phenoxy) is 1. The molecular weight excluding hydrogens is 432 g/mol. The number of hydrogen-bond acceptors (Lipinski definition) is 6. The van der Waals surface area contributed by atoms with E-state index in [9.17, 15) is 13.6 Å². The molecule has 0 aromatic carbocycles. The van der Waals surface area contributed by atoms with E-state index < -0.39 is 11.6 Å². The predicted molar refractivity (Wildman–Crippen MR) is 115 cm³/mol. The molecule has 0 radical (unpaired) electrons. The average molecular weight is 457 g/mol. The highest BCUT2D eigenvalue weighted by Crippen LogP contribution is 2.29. The Morgan fingerprint density at radius 3 is 2.91 bits per heavy atom. The van der Waals surface area contributed by atoms with E-state index in [2.05, 4.69) is 30.5 Å². The maximum atomic E-state index is 14.6. The Labute approximate surface area is 189 Å². The van der Waals surface area contributed by atoms with Gasteiger partial charge in [-0.2, -0.15) is 5.10 Å². The molecule has 3 aromatic heterocycles. The zero-order chi connectivity index (χ0) is 22.8. The van der Waals surface area contributed by atoms with Crippen LogP contribution in [0.1, 0.15) is 31.4 Å². The van der Waals surface area contributed by atoms with Crippen molar-refractivity contribution < 1.29 is 18.3 Å². The molecule has 2 amide bonds. The van der Waals surface area contributed by atoms with E-state index in [0.717, 1.165) is 38.1 Å². The molecule has 174 valence electrons. The van der Waals surface area contributed by atoms with Crippen LogP contribution in [0.3, 0.4) is 0 Å². The minimum atomic E-state index is -0.500. The van der Waals surface area contributed by atoms with E-state index >= 15 is 0 Å². The number of H-pyrrole nitrogens is 1. The van der Waals surface area contributed by atoms with E-state index in [-0.39, 0.29) is 23.8 Å². The van der Waals surface area contributed by atoms with Crippen LogP contribution in [0.2, 0.25) is 0 Å². The maximum absolute atomic E-state index is 14.6. The number of nitrogens with zero attached hydrogens (tertiary/aromatic N) is 5. The summed E-state index contributed by atoms with van der Waals surface area (Å²) in [5.41, 5.74) is 1.04. The van der Waals surface area contributed by atoms with Gasteiger partial charge in [0.25, 0.3) is 0 Å². The highest BCUT2D eigenvalue weighted by atomic mass is 19.1. The Morgan fingerprint density at radius 1 is 1.21 bits per heavy atom. The number of aromatic nitrogens is 5. The third-order valence-electron chi connectivity index (χ3n) is 6.31. The lowest BCUT2D eigenvalue weighted by Gasteiger charge is -2.33. The molecule has 2 N–H and O–H groups in total. The molecule has 0 spiro atoms. The predicted octanol–water partition coefficient (Wildman–Crippen LogP) is 2.84. The number of urea groups is 1. The lowest BCUT2D eigenvalue weighted by Crippen LogP contribution is -2.50. The van der Waals surface area contributed by atoms with Gasteiger partial charge >= 0.3 is 6.03 Å². The van der Waals surface area contributed by atoms with Gasteiger partial charge in [-0.3, -0.25) is 5.10 Å². The fourth-order valence-corrected chi connectivity index (χ4v) is 4.62. The van der Waals surface area contributed by atoms with Crippen molar-refractivity contribution in [2.45, 2.75) is 38.1 Å². The van der Waals surface area contributed by atoms with Crippen LogP contribution in [0.25, 0.3) is 22.6 Å². The first kappa shape index (κ1) is 21.6. The van der Waals surface area contributed by atoms with Crippen molar-refractivity contribution in [3.63, 3.8) is 0 Å². The minimum absolute atomic E-state index is 0.0501. The summed E-state index contributed by atoms with van der Waals surface area (Å²) in [5.74, 6) is -0.552. The highest BCUT2D eigenvalue weighted by molar-refractivity contribution is 5.88. The zero-order valence-electron chi connectivity index (χ0n) is 18.1. The lowest BCUT2D eigenvalue weighted by molar-refractivity contribution is 0.0518. The number of pyridine rings is 1. The molecule has 33 heavy (non-hydrogen) atoms. The number of rotatable bonds is 4. The first-order valence-electron chi connectivity index (χ1n) is 11.2. The Bertz CT molecular complexity index is 1150. The average Bonchev–Trinajstić information content (AvgIpc) is 3.24. The first-order valence-corrected chi connectivity index (χ1v) is 11.2. The molecule has 2 aliphatic rings. The summed E-state index contributed by atoms with van der Waals surface area (Å²) in [4.78, 5) is 26.7. The number of aromatic amines is 1. The standard InChI is InChI=1S/C22H25F2N7O2/c23-14-10-16-19(29-30-20(16)25-11-14)21-26-12-17(24)18(28-21)9-13-2-1-3-15(8-13)27-22(32)31-4-6-33-7-5-31/h10-13,15H,1-9H2,(H,27,32)(H,25,29,30)/t13-,15+/m0/s1. The molecule has 2 fully saturated rings. The van der Waals surface area contributed by atoms with Gasteiger partial charge in [-0.1, -0.05) is 6.42 Å². The Balaban J connectivity index is 1.28. The SMILES string of the molecule is O=C(N[C@@H]1CCC[C@H](Cc2nc(-c3[nH]nc4ncc(F)cc34)ncc2F)C1)N1CCOCC1. The van der Waals surface area contributed by atoms with Gasteiger partial charge in [0, 0.05) is 19.1 Å². The van der Waals surface area contributed by atoms with Gasteiger partial charge in [0.1, 0.15) is 11.5 Å². The minimum Gasteiger partial charge on any atom is -0.378 e. The van der Waals surface area contributed by atoms with Gasteiger partial charge in [-0.15, -0.1) is 0 Å². The first-order chi connectivity index (χ1) is 16.1. The van der Waals surface area contributed by atoms with Crippen molar-refractivity contribution in [1.82, 2.24) is 35.4 Å². The Hall–Kier alpha value is -3.21. The molecule has 0 unspecified atom stereocenters. The lowest BCUT2D eigenvalue weighted by atomic mass is 9.83. The van der Waals surface area contributed by atoms with E-state index in [0.29, 0.717) is 55.1 Å². The number of halogens is 2. The summed E-state index contributed by atoms with van der Waals surface area (Å²) in [5, 5.41) is 10.4. The molecule has 1 saturated heterocycles. The number of nitrogens with one attached hydrogen (secondary N) is 2. The van der Waals surface area contributed by atoms with Gasteiger partial charge in [0.2, 0.25) is 0 Å². The van der Waals surface area contributed by atoms with Gasteiger partial charge in [0.15, 0.2) is 17.3 Å². The van der Waals surface area contributed by atoms with Crippen LogP contribution in [0.5, 0.6) is 0 Å². The summed E-state index contributed by atoms with van der Waals surface area (Å²) in [6.45, 7) is 2.31. The van der Waals surface area contributed by atoms with Crippen molar-refractivity contribution in [3.8, 4) is 11.5 Å². The van der Waals surface area contributed by atoms with Crippen molar-refractivity contribution in [2.24, 2.45) is 5.92 Å². The fourth-order valence-electron chi connectivity index (χ4n) is 4.62. The van der Waals surface area contributed by atoms with Crippen LogP contribution in [0.15, 0.2) is 18.5 Å². The molecular formula is C22H25F2N7O2. The quantitative estimate of drug-likeness (QED) is 0.624. The van der Waals surface area contributed by atoms with E-state index in [4.69, 9.17) is 4.74 Å². The second kappa shape index (κ2) is 9.34. The number of hydrogen-bond donors (Lipinski definition) is 2. The molecule has 4 heterocycles. The van der Waals surface area contributed by atoms with Gasteiger partial charge in [-0.25, -0.2) is 28.5 Å². The van der Waals surface area contributed by atoms with Crippen molar-refractivity contribution in [1.29, 1.82) is 0 Å². The maximum Gasteiger partial charge on any atom is 0.317 e. The second-order valence-corrected chi connectivity index (χ2v) is 8.59. The number of carbonyl (C=O) groups excluding carboxylic acids is 1. The molecule has 1 aliphatic carbocycles. The zero-order valence-corrected chi connectivity index (χ0v) is 18.1. The summed E-state index contributed by atoms with van der Waals surface area (Å²) in [6.07, 6.45) is 6.21. The molecule has 0 bridgehead atoms. The number of carbonyl (C=O) groups is 1. The monoisotopic (exact) mass is 457 g/mol. The number of morpholine rings is 1. The molecule has 5 rings (SSSR count). The summed E-state index contributed by atoms with van der Waals surface area (Å²) >= 11 is 0. The molecule has 9 nitrogen and oxygen atoms in total. The normalized spacial score (nSPS) is 21.3. The Morgan fingerprint density at radius 2 is 2.06 bits per heavy atom. The van der Waals surface area contributed by atoms with E-state index in [1.54, 1.807) is 4.90 Å². The van der Waals surface area contributed by atoms with E-state index in [1.807, 2.05) is 0 Å². The number of amides is 2. The van der Waals surface area contributed by atoms with Crippen LogP contribution in [-0.4, -0.2) is 68.4 Å². The van der Waals surface area contributed by atoms with Crippen molar-refractivity contribution in [2.75, 3.05) is 26.3 Å².